The lowest BCUT2D eigenvalue weighted by Gasteiger charge is -2.07. The lowest BCUT2D eigenvalue weighted by molar-refractivity contribution is 0.871. The van der Waals surface area contributed by atoms with Crippen LogP contribution in [0.2, 0.25) is 5.02 Å². The minimum Gasteiger partial charge on any atom is -0.358 e. The molecule has 0 saturated heterocycles. The molecule has 1 aromatic carbocycles. The van der Waals surface area contributed by atoms with Crippen molar-refractivity contribution in [3.8, 4) is 11.3 Å². The standard InChI is InChI=1S/C14H16ClN/c1-9(2)13-7-10(3)16-14(13)11-5-4-6-12(15)8-11/h4-9,16H,1-3H3. The van der Waals surface area contributed by atoms with Crippen LogP contribution in [0.1, 0.15) is 31.0 Å². The number of nitrogens with one attached hydrogen (secondary N) is 1. The van der Waals surface area contributed by atoms with E-state index in [1.165, 1.54) is 17.0 Å². The van der Waals surface area contributed by atoms with Gasteiger partial charge in [0.2, 0.25) is 0 Å². The molecule has 0 radical (unpaired) electrons. The van der Waals surface area contributed by atoms with Crippen molar-refractivity contribution >= 4 is 11.6 Å². The number of rotatable bonds is 2. The van der Waals surface area contributed by atoms with E-state index >= 15 is 0 Å². The molecule has 0 amide bonds. The van der Waals surface area contributed by atoms with Gasteiger partial charge in [-0.3, -0.25) is 0 Å². The number of halogens is 1. The van der Waals surface area contributed by atoms with Gasteiger partial charge in [0.05, 0.1) is 0 Å². The third-order valence-corrected chi connectivity index (χ3v) is 2.95. The van der Waals surface area contributed by atoms with Gasteiger partial charge in [0.15, 0.2) is 0 Å². The monoisotopic (exact) mass is 233 g/mol. The van der Waals surface area contributed by atoms with E-state index in [0.717, 1.165) is 10.6 Å². The van der Waals surface area contributed by atoms with Crippen LogP contribution in [0.4, 0.5) is 0 Å². The van der Waals surface area contributed by atoms with E-state index in [1.807, 2.05) is 18.2 Å². The average Bonchev–Trinajstić information content (AvgIpc) is 2.60. The SMILES string of the molecule is Cc1cc(C(C)C)c(-c2cccc(Cl)c2)[nH]1. The minimum absolute atomic E-state index is 0.513. The van der Waals surface area contributed by atoms with E-state index in [4.69, 9.17) is 11.6 Å². The number of H-pyrrole nitrogens is 1. The summed E-state index contributed by atoms with van der Waals surface area (Å²) in [5.41, 5.74) is 4.89. The van der Waals surface area contributed by atoms with Gasteiger partial charge in [-0.1, -0.05) is 37.6 Å². The van der Waals surface area contributed by atoms with E-state index in [0.29, 0.717) is 5.92 Å². The first kappa shape index (κ1) is 11.3. The summed E-state index contributed by atoms with van der Waals surface area (Å²) >= 11 is 6.02. The molecule has 0 spiro atoms. The maximum atomic E-state index is 6.02. The van der Waals surface area contributed by atoms with Gasteiger partial charge in [0, 0.05) is 16.4 Å². The van der Waals surface area contributed by atoms with Crippen molar-refractivity contribution in [1.29, 1.82) is 0 Å². The van der Waals surface area contributed by atoms with Crippen molar-refractivity contribution in [2.45, 2.75) is 26.7 Å². The van der Waals surface area contributed by atoms with Crippen LogP contribution in [-0.2, 0) is 0 Å². The molecule has 0 bridgehead atoms. The Morgan fingerprint density at radius 1 is 1.19 bits per heavy atom. The number of hydrogen-bond acceptors (Lipinski definition) is 0. The van der Waals surface area contributed by atoms with Crippen LogP contribution in [-0.4, -0.2) is 4.98 Å². The Balaban J connectivity index is 2.55. The Bertz CT molecular complexity index is 497. The fraction of sp³-hybridized carbons (Fsp3) is 0.286. The smallest absolute Gasteiger partial charge is 0.0491 e. The summed E-state index contributed by atoms with van der Waals surface area (Å²) in [5, 5.41) is 0.777. The maximum Gasteiger partial charge on any atom is 0.0491 e. The lowest BCUT2D eigenvalue weighted by atomic mass is 9.99. The number of hydrogen-bond donors (Lipinski definition) is 1. The van der Waals surface area contributed by atoms with Gasteiger partial charge in [-0.2, -0.15) is 0 Å². The van der Waals surface area contributed by atoms with Gasteiger partial charge in [0.25, 0.3) is 0 Å². The van der Waals surface area contributed by atoms with Crippen LogP contribution in [0, 0.1) is 6.92 Å². The Morgan fingerprint density at radius 2 is 1.94 bits per heavy atom. The molecule has 0 saturated carbocycles. The van der Waals surface area contributed by atoms with Crippen LogP contribution in [0.3, 0.4) is 0 Å². The average molecular weight is 234 g/mol. The van der Waals surface area contributed by atoms with Crippen LogP contribution in [0.25, 0.3) is 11.3 Å². The van der Waals surface area contributed by atoms with Gasteiger partial charge in [0.1, 0.15) is 0 Å². The lowest BCUT2D eigenvalue weighted by Crippen LogP contribution is -1.88. The molecule has 84 valence electrons. The third-order valence-electron chi connectivity index (χ3n) is 2.72. The third kappa shape index (κ3) is 2.14. The quantitative estimate of drug-likeness (QED) is 0.769. The van der Waals surface area contributed by atoms with Gasteiger partial charge >= 0.3 is 0 Å². The highest BCUT2D eigenvalue weighted by Crippen LogP contribution is 2.30. The fourth-order valence-electron chi connectivity index (χ4n) is 1.95. The van der Waals surface area contributed by atoms with Gasteiger partial charge in [-0.15, -0.1) is 0 Å². The highest BCUT2D eigenvalue weighted by Gasteiger charge is 2.11. The summed E-state index contributed by atoms with van der Waals surface area (Å²) < 4.78 is 0. The zero-order chi connectivity index (χ0) is 11.7. The predicted octanol–water partition coefficient (Wildman–Crippen LogP) is 4.77. The topological polar surface area (TPSA) is 15.8 Å². The summed E-state index contributed by atoms with van der Waals surface area (Å²) in [7, 11) is 0. The molecular formula is C14H16ClN. The van der Waals surface area contributed by atoms with E-state index in [-0.39, 0.29) is 0 Å². The molecule has 0 fully saturated rings. The van der Waals surface area contributed by atoms with E-state index < -0.39 is 0 Å². The molecular weight excluding hydrogens is 218 g/mol. The molecule has 2 heteroatoms. The van der Waals surface area contributed by atoms with Crippen molar-refractivity contribution in [3.63, 3.8) is 0 Å². The summed E-state index contributed by atoms with van der Waals surface area (Å²) in [6, 6.07) is 10.2. The summed E-state index contributed by atoms with van der Waals surface area (Å²) in [5.74, 6) is 0.513. The first-order valence-corrected chi connectivity index (χ1v) is 5.91. The van der Waals surface area contributed by atoms with E-state index in [9.17, 15) is 0 Å². The Hall–Kier alpha value is -1.21. The molecule has 0 aliphatic carbocycles. The molecule has 0 unspecified atom stereocenters. The summed E-state index contributed by atoms with van der Waals surface area (Å²) in [6.07, 6.45) is 0. The van der Waals surface area contributed by atoms with Crippen LogP contribution < -0.4 is 0 Å². The van der Waals surface area contributed by atoms with Gasteiger partial charge in [-0.05, 0) is 42.2 Å². The van der Waals surface area contributed by atoms with Crippen LogP contribution >= 0.6 is 11.6 Å². The summed E-state index contributed by atoms with van der Waals surface area (Å²) in [4.78, 5) is 3.41. The number of aryl methyl sites for hydroxylation is 1. The van der Waals surface area contributed by atoms with Crippen molar-refractivity contribution in [3.05, 3.63) is 46.6 Å². The highest BCUT2D eigenvalue weighted by atomic mass is 35.5. The molecule has 1 N–H and O–H groups in total. The molecule has 1 nitrogen and oxygen atoms in total. The highest BCUT2D eigenvalue weighted by molar-refractivity contribution is 6.30. The zero-order valence-corrected chi connectivity index (χ0v) is 10.6. The van der Waals surface area contributed by atoms with E-state index in [1.54, 1.807) is 0 Å². The maximum absolute atomic E-state index is 6.02. The summed E-state index contributed by atoms with van der Waals surface area (Å²) in [6.45, 7) is 6.49. The predicted molar refractivity (Wildman–Crippen MR) is 70.1 cm³/mol. The Morgan fingerprint density at radius 3 is 2.56 bits per heavy atom. The second kappa shape index (κ2) is 4.34. The molecule has 16 heavy (non-hydrogen) atoms. The minimum atomic E-state index is 0.513. The van der Waals surface area contributed by atoms with Gasteiger partial charge in [-0.25, -0.2) is 0 Å². The fourth-order valence-corrected chi connectivity index (χ4v) is 2.14. The largest absolute Gasteiger partial charge is 0.358 e. The van der Waals surface area contributed by atoms with Crippen LogP contribution in [0.5, 0.6) is 0 Å². The Kier molecular flexibility index (Phi) is 3.06. The molecule has 2 aromatic rings. The molecule has 0 aliphatic rings. The van der Waals surface area contributed by atoms with E-state index in [2.05, 4.69) is 37.9 Å². The number of aromatic amines is 1. The second-order valence-corrected chi connectivity index (χ2v) is 4.88. The molecule has 0 aliphatic heterocycles. The molecule has 1 aromatic heterocycles. The first-order valence-electron chi connectivity index (χ1n) is 5.53. The normalized spacial score (nSPS) is 11.1. The molecule has 0 atom stereocenters. The van der Waals surface area contributed by atoms with Crippen molar-refractivity contribution in [1.82, 2.24) is 4.98 Å². The van der Waals surface area contributed by atoms with Crippen LogP contribution in [0.15, 0.2) is 30.3 Å². The van der Waals surface area contributed by atoms with Crippen molar-refractivity contribution in [2.24, 2.45) is 0 Å². The van der Waals surface area contributed by atoms with Crippen molar-refractivity contribution < 1.29 is 0 Å². The number of aromatic nitrogens is 1. The second-order valence-electron chi connectivity index (χ2n) is 4.45. The number of benzene rings is 1. The molecule has 2 rings (SSSR count). The zero-order valence-electron chi connectivity index (χ0n) is 9.84. The van der Waals surface area contributed by atoms with Crippen molar-refractivity contribution in [2.75, 3.05) is 0 Å². The Labute approximate surface area is 101 Å². The molecule has 1 heterocycles. The van der Waals surface area contributed by atoms with Gasteiger partial charge < -0.3 is 4.98 Å². The first-order chi connectivity index (χ1) is 7.58.